The molecule has 1 fully saturated rings. The number of anilines is 3. The highest BCUT2D eigenvalue weighted by atomic mass is 19.4. The minimum Gasteiger partial charge on any atom is -0.492 e. The number of nitrogens with zero attached hydrogens (tertiary/aromatic N) is 5. The molecule has 0 atom stereocenters. The zero-order valence-electron chi connectivity index (χ0n) is 16.6. The van der Waals surface area contributed by atoms with Gasteiger partial charge in [0.15, 0.2) is 5.82 Å². The summed E-state index contributed by atoms with van der Waals surface area (Å²) in [7, 11) is 0. The van der Waals surface area contributed by atoms with Gasteiger partial charge in [-0.1, -0.05) is 0 Å². The van der Waals surface area contributed by atoms with Crippen LogP contribution in [0.25, 0.3) is 5.82 Å². The number of nitrogens with one attached hydrogen (secondary N) is 1. The predicted molar refractivity (Wildman–Crippen MR) is 109 cm³/mol. The average Bonchev–Trinajstić information content (AvgIpc) is 3.38. The normalized spacial score (nSPS) is 14.7. The zero-order chi connectivity index (χ0) is 21.8. The van der Waals surface area contributed by atoms with E-state index >= 15 is 0 Å². The lowest BCUT2D eigenvalue weighted by Gasteiger charge is -2.15. The molecule has 1 saturated heterocycles. The van der Waals surface area contributed by atoms with E-state index in [1.165, 1.54) is 12.8 Å². The Morgan fingerprint density at radius 2 is 1.84 bits per heavy atom. The zero-order valence-corrected chi connectivity index (χ0v) is 16.6. The lowest BCUT2D eigenvalue weighted by molar-refractivity contribution is -0.137. The van der Waals surface area contributed by atoms with E-state index in [9.17, 15) is 13.2 Å². The molecule has 2 aromatic heterocycles. The Bertz CT molecular complexity index is 1010. The van der Waals surface area contributed by atoms with Crippen molar-refractivity contribution < 1.29 is 17.9 Å². The number of pyridine rings is 1. The van der Waals surface area contributed by atoms with Gasteiger partial charge in [0.25, 0.3) is 0 Å². The molecule has 0 bridgehead atoms. The van der Waals surface area contributed by atoms with Crippen LogP contribution in [0.2, 0.25) is 0 Å². The Labute approximate surface area is 176 Å². The molecule has 1 aliphatic heterocycles. The number of alkyl halides is 3. The Balaban J connectivity index is 1.39. The van der Waals surface area contributed by atoms with Crippen molar-refractivity contribution in [3.05, 3.63) is 48.2 Å². The number of halogens is 3. The molecule has 31 heavy (non-hydrogen) atoms. The molecule has 1 aromatic carbocycles. The van der Waals surface area contributed by atoms with Gasteiger partial charge in [0.1, 0.15) is 12.4 Å². The Morgan fingerprint density at radius 1 is 1.10 bits per heavy atom. The fourth-order valence-electron chi connectivity index (χ4n) is 3.32. The summed E-state index contributed by atoms with van der Waals surface area (Å²) in [6, 6.07) is 8.98. The van der Waals surface area contributed by atoms with Gasteiger partial charge in [-0.3, -0.25) is 4.90 Å². The highest BCUT2D eigenvalue weighted by Gasteiger charge is 2.31. The number of hydrogen-bond donors (Lipinski definition) is 2. The monoisotopic (exact) mass is 433 g/mol. The minimum atomic E-state index is -4.49. The lowest BCUT2D eigenvalue weighted by atomic mass is 10.2. The average molecular weight is 433 g/mol. The smallest absolute Gasteiger partial charge is 0.416 e. The lowest BCUT2D eigenvalue weighted by Crippen LogP contribution is -2.25. The maximum atomic E-state index is 12.9. The van der Waals surface area contributed by atoms with E-state index in [1.54, 1.807) is 12.1 Å². The Morgan fingerprint density at radius 3 is 2.55 bits per heavy atom. The van der Waals surface area contributed by atoms with E-state index in [0.29, 0.717) is 12.3 Å². The standard InChI is InChI=1S/C20H22F3N7O/c21-20(22,23)14-7-8-25-17(13-14)30-18(24)27-19(28-30)26-15-3-5-16(6-4-15)31-12-11-29-9-1-2-10-29/h3-8,13H,1-2,9-12H2,(H3,24,26,27,28). The van der Waals surface area contributed by atoms with Crippen LogP contribution in [0.4, 0.5) is 30.8 Å². The summed E-state index contributed by atoms with van der Waals surface area (Å²) >= 11 is 0. The Hall–Kier alpha value is -3.34. The van der Waals surface area contributed by atoms with Crippen LogP contribution in [-0.4, -0.2) is 50.9 Å². The van der Waals surface area contributed by atoms with Crippen LogP contribution in [0, 0.1) is 0 Å². The summed E-state index contributed by atoms with van der Waals surface area (Å²) in [5.74, 6) is 0.723. The van der Waals surface area contributed by atoms with Crippen molar-refractivity contribution in [1.29, 1.82) is 0 Å². The van der Waals surface area contributed by atoms with E-state index in [4.69, 9.17) is 10.5 Å². The second kappa shape index (κ2) is 8.80. The Kier molecular flexibility index (Phi) is 5.94. The van der Waals surface area contributed by atoms with Gasteiger partial charge in [0, 0.05) is 18.4 Å². The van der Waals surface area contributed by atoms with Crippen LogP contribution < -0.4 is 15.8 Å². The van der Waals surface area contributed by atoms with Gasteiger partial charge >= 0.3 is 6.18 Å². The summed E-state index contributed by atoms with van der Waals surface area (Å²) in [5.41, 5.74) is 5.66. The maximum Gasteiger partial charge on any atom is 0.416 e. The molecular formula is C20H22F3N7O. The fourth-order valence-corrected chi connectivity index (χ4v) is 3.32. The second-order valence-electron chi connectivity index (χ2n) is 7.15. The van der Waals surface area contributed by atoms with Crippen LogP contribution in [0.15, 0.2) is 42.6 Å². The van der Waals surface area contributed by atoms with Gasteiger partial charge in [-0.15, -0.1) is 5.10 Å². The number of aromatic nitrogens is 4. The van der Waals surface area contributed by atoms with Crippen molar-refractivity contribution in [2.75, 3.05) is 37.3 Å². The van der Waals surface area contributed by atoms with E-state index in [0.717, 1.165) is 48.4 Å². The summed E-state index contributed by atoms with van der Waals surface area (Å²) < 4.78 is 45.6. The summed E-state index contributed by atoms with van der Waals surface area (Å²) in [4.78, 5) is 10.3. The van der Waals surface area contributed by atoms with Gasteiger partial charge < -0.3 is 15.8 Å². The quantitative estimate of drug-likeness (QED) is 0.589. The van der Waals surface area contributed by atoms with E-state index in [1.807, 2.05) is 12.1 Å². The van der Waals surface area contributed by atoms with Gasteiger partial charge in [0.2, 0.25) is 11.9 Å². The highest BCUT2D eigenvalue weighted by molar-refractivity contribution is 5.55. The molecule has 0 radical (unpaired) electrons. The van der Waals surface area contributed by atoms with Gasteiger partial charge in [-0.05, 0) is 62.3 Å². The summed E-state index contributed by atoms with van der Waals surface area (Å²) in [6.07, 6.45) is -0.946. The van der Waals surface area contributed by atoms with Crippen LogP contribution in [0.5, 0.6) is 5.75 Å². The van der Waals surface area contributed by atoms with E-state index in [2.05, 4.69) is 25.3 Å². The molecule has 8 nitrogen and oxygen atoms in total. The molecule has 0 unspecified atom stereocenters. The van der Waals surface area contributed by atoms with Crippen LogP contribution >= 0.6 is 0 Å². The molecule has 0 amide bonds. The van der Waals surface area contributed by atoms with Crippen molar-refractivity contribution in [3.8, 4) is 11.6 Å². The van der Waals surface area contributed by atoms with Gasteiger partial charge in [-0.2, -0.15) is 22.8 Å². The SMILES string of the molecule is Nc1nc(Nc2ccc(OCCN3CCCC3)cc2)nn1-c1cc(C(F)(F)F)ccn1. The highest BCUT2D eigenvalue weighted by Crippen LogP contribution is 2.30. The minimum absolute atomic E-state index is 0.0744. The topological polar surface area (TPSA) is 94.1 Å². The molecule has 0 aliphatic carbocycles. The van der Waals surface area contributed by atoms with Crippen LogP contribution in [0.3, 0.4) is 0 Å². The van der Waals surface area contributed by atoms with E-state index < -0.39 is 11.7 Å². The third-order valence-corrected chi connectivity index (χ3v) is 4.91. The van der Waals surface area contributed by atoms with Gasteiger partial charge in [0.05, 0.1) is 5.56 Å². The molecule has 11 heteroatoms. The van der Waals surface area contributed by atoms with Crippen molar-refractivity contribution in [2.45, 2.75) is 19.0 Å². The van der Waals surface area contributed by atoms with Gasteiger partial charge in [-0.25, -0.2) is 4.98 Å². The molecule has 0 saturated carbocycles. The molecule has 3 heterocycles. The predicted octanol–water partition coefficient (Wildman–Crippen LogP) is 3.48. The largest absolute Gasteiger partial charge is 0.492 e. The van der Waals surface area contributed by atoms with Crippen molar-refractivity contribution in [1.82, 2.24) is 24.6 Å². The molecule has 164 valence electrons. The number of likely N-dealkylation sites (tertiary alicyclic amines) is 1. The third-order valence-electron chi connectivity index (χ3n) is 4.91. The molecule has 3 N–H and O–H groups in total. The van der Waals surface area contributed by atoms with Crippen molar-refractivity contribution in [2.24, 2.45) is 0 Å². The number of ether oxygens (including phenoxy) is 1. The molecule has 4 rings (SSSR count). The van der Waals surface area contributed by atoms with Crippen molar-refractivity contribution >= 4 is 17.6 Å². The summed E-state index contributed by atoms with van der Waals surface area (Å²) in [6.45, 7) is 3.79. The van der Waals surface area contributed by atoms with Crippen molar-refractivity contribution in [3.63, 3.8) is 0 Å². The third kappa shape index (κ3) is 5.23. The molecular weight excluding hydrogens is 411 g/mol. The fraction of sp³-hybridized carbons (Fsp3) is 0.350. The number of benzene rings is 1. The first kappa shape index (κ1) is 20.9. The number of rotatable bonds is 7. The van der Waals surface area contributed by atoms with Crippen LogP contribution in [-0.2, 0) is 6.18 Å². The molecule has 0 spiro atoms. The number of nitrogen functional groups attached to an aromatic ring is 1. The first-order chi connectivity index (χ1) is 14.9. The first-order valence-corrected chi connectivity index (χ1v) is 9.87. The molecule has 1 aliphatic rings. The van der Waals surface area contributed by atoms with Crippen LogP contribution in [0.1, 0.15) is 18.4 Å². The van der Waals surface area contributed by atoms with E-state index in [-0.39, 0.29) is 17.7 Å². The maximum absolute atomic E-state index is 12.9. The first-order valence-electron chi connectivity index (χ1n) is 9.87. The molecule has 3 aromatic rings. The summed E-state index contributed by atoms with van der Waals surface area (Å²) in [5, 5.41) is 7.09. The number of nitrogens with two attached hydrogens (primary N) is 1. The second-order valence-corrected chi connectivity index (χ2v) is 7.15. The number of hydrogen-bond acceptors (Lipinski definition) is 7.